The van der Waals surface area contributed by atoms with Crippen molar-refractivity contribution >= 4 is 22.6 Å². The normalized spacial score (nSPS) is 10.8. The minimum atomic E-state index is 0.416. The van der Waals surface area contributed by atoms with E-state index in [9.17, 15) is 0 Å². The van der Waals surface area contributed by atoms with Gasteiger partial charge in [0.2, 0.25) is 5.28 Å². The van der Waals surface area contributed by atoms with Crippen LogP contribution in [0.15, 0.2) is 18.2 Å². The second-order valence-corrected chi connectivity index (χ2v) is 2.94. The average Bonchev–Trinajstić information content (AvgIpc) is 2.43. The summed E-state index contributed by atoms with van der Waals surface area (Å²) in [7, 11) is 0. The van der Waals surface area contributed by atoms with Crippen molar-refractivity contribution in [3.05, 3.63) is 29.0 Å². The van der Waals surface area contributed by atoms with Gasteiger partial charge in [0.05, 0.1) is 11.0 Å². The third-order valence-corrected chi connectivity index (χ3v) is 1.93. The van der Waals surface area contributed by atoms with E-state index in [0.29, 0.717) is 11.8 Å². The van der Waals surface area contributed by atoms with E-state index in [2.05, 4.69) is 9.97 Å². The van der Waals surface area contributed by atoms with Crippen LogP contribution in [0.4, 0.5) is 0 Å². The van der Waals surface area contributed by atoms with E-state index in [4.69, 9.17) is 17.3 Å². The average molecular weight is 182 g/mol. The van der Waals surface area contributed by atoms with Gasteiger partial charge in [-0.25, -0.2) is 4.98 Å². The smallest absolute Gasteiger partial charge is 0.201 e. The number of nitrogens with two attached hydrogens (primary N) is 1. The van der Waals surface area contributed by atoms with Gasteiger partial charge in [0.15, 0.2) is 0 Å². The topological polar surface area (TPSA) is 54.7 Å². The minimum Gasteiger partial charge on any atom is -0.329 e. The zero-order valence-corrected chi connectivity index (χ0v) is 7.10. The van der Waals surface area contributed by atoms with Gasteiger partial charge in [-0.1, -0.05) is 6.07 Å². The first kappa shape index (κ1) is 7.58. The molecule has 0 fully saturated rings. The van der Waals surface area contributed by atoms with Gasteiger partial charge < -0.3 is 10.7 Å². The van der Waals surface area contributed by atoms with Crippen LogP contribution in [0.25, 0.3) is 11.0 Å². The Bertz CT molecular complexity index is 408. The van der Waals surface area contributed by atoms with E-state index in [-0.39, 0.29) is 0 Å². The summed E-state index contributed by atoms with van der Waals surface area (Å²) in [6.45, 7) is 0.534. The number of nitrogens with one attached hydrogen (secondary N) is 1. The van der Waals surface area contributed by atoms with Crippen molar-refractivity contribution in [2.24, 2.45) is 5.73 Å². The quantitative estimate of drug-likeness (QED) is 0.703. The van der Waals surface area contributed by atoms with E-state index in [1.54, 1.807) is 0 Å². The highest BCUT2D eigenvalue weighted by molar-refractivity contribution is 6.29. The highest BCUT2D eigenvalue weighted by atomic mass is 35.5. The molecule has 1 aromatic carbocycles. The van der Waals surface area contributed by atoms with Crippen LogP contribution in [0, 0.1) is 0 Å². The lowest BCUT2D eigenvalue weighted by atomic mass is 10.2. The van der Waals surface area contributed by atoms with Crippen molar-refractivity contribution in [2.75, 3.05) is 0 Å². The number of aromatic nitrogens is 2. The maximum Gasteiger partial charge on any atom is 0.201 e. The zero-order valence-electron chi connectivity index (χ0n) is 6.34. The second kappa shape index (κ2) is 2.77. The number of halogens is 1. The summed E-state index contributed by atoms with van der Waals surface area (Å²) in [5, 5.41) is 0.416. The standard InChI is InChI=1S/C8H8ClN3/c9-8-11-6-2-1-5(4-10)3-7(6)12-8/h1-3H,4,10H2,(H,11,12). The second-order valence-electron chi connectivity index (χ2n) is 2.58. The molecule has 2 rings (SSSR count). The Labute approximate surface area is 74.5 Å². The highest BCUT2D eigenvalue weighted by Crippen LogP contribution is 2.15. The van der Waals surface area contributed by atoms with Crippen LogP contribution in [0.1, 0.15) is 5.56 Å². The number of nitrogens with zero attached hydrogens (tertiary/aromatic N) is 1. The number of benzene rings is 1. The van der Waals surface area contributed by atoms with Crippen LogP contribution in [0.5, 0.6) is 0 Å². The number of aromatic amines is 1. The molecule has 0 radical (unpaired) electrons. The van der Waals surface area contributed by atoms with E-state index in [0.717, 1.165) is 16.6 Å². The summed E-state index contributed by atoms with van der Waals surface area (Å²) in [6, 6.07) is 5.80. The van der Waals surface area contributed by atoms with Crippen LogP contribution in [-0.2, 0) is 6.54 Å². The highest BCUT2D eigenvalue weighted by Gasteiger charge is 1.99. The molecule has 0 bridgehead atoms. The summed E-state index contributed by atoms with van der Waals surface area (Å²) < 4.78 is 0. The van der Waals surface area contributed by atoms with Gasteiger partial charge in [-0.2, -0.15) is 0 Å². The summed E-state index contributed by atoms with van der Waals surface area (Å²) in [5.41, 5.74) is 8.36. The molecule has 0 saturated carbocycles. The van der Waals surface area contributed by atoms with Gasteiger partial charge in [0.25, 0.3) is 0 Å². The lowest BCUT2D eigenvalue weighted by molar-refractivity contribution is 1.07. The first-order valence-corrected chi connectivity index (χ1v) is 4.01. The molecule has 0 atom stereocenters. The van der Waals surface area contributed by atoms with Gasteiger partial charge in [-0.05, 0) is 29.3 Å². The molecule has 0 amide bonds. The Hall–Kier alpha value is -1.06. The Kier molecular flexibility index (Phi) is 1.75. The molecule has 12 heavy (non-hydrogen) atoms. The number of rotatable bonds is 1. The molecule has 62 valence electrons. The van der Waals surface area contributed by atoms with Crippen LogP contribution < -0.4 is 5.73 Å². The Morgan fingerprint density at radius 3 is 3.08 bits per heavy atom. The molecular formula is C8H8ClN3. The lowest BCUT2D eigenvalue weighted by Crippen LogP contribution is -1.95. The summed E-state index contributed by atoms with van der Waals surface area (Å²) in [6.07, 6.45) is 0. The van der Waals surface area contributed by atoms with E-state index in [1.807, 2.05) is 18.2 Å². The monoisotopic (exact) mass is 181 g/mol. The molecule has 0 aliphatic carbocycles. The molecule has 1 heterocycles. The maximum absolute atomic E-state index is 5.68. The lowest BCUT2D eigenvalue weighted by Gasteiger charge is -1.93. The van der Waals surface area contributed by atoms with Gasteiger partial charge in [0.1, 0.15) is 0 Å². The first-order chi connectivity index (χ1) is 5.79. The molecule has 0 saturated heterocycles. The van der Waals surface area contributed by atoms with Gasteiger partial charge in [0, 0.05) is 6.54 Å². The van der Waals surface area contributed by atoms with Crippen molar-refractivity contribution in [1.29, 1.82) is 0 Å². The molecule has 2 aromatic rings. The fourth-order valence-corrected chi connectivity index (χ4v) is 1.35. The van der Waals surface area contributed by atoms with Crippen molar-refractivity contribution in [3.63, 3.8) is 0 Å². The SMILES string of the molecule is NCc1ccc2nc(Cl)[nH]c2c1. The first-order valence-electron chi connectivity index (χ1n) is 3.64. The van der Waals surface area contributed by atoms with Crippen LogP contribution >= 0.6 is 11.6 Å². The predicted molar refractivity (Wildman–Crippen MR) is 49.0 cm³/mol. The van der Waals surface area contributed by atoms with Crippen molar-refractivity contribution in [1.82, 2.24) is 9.97 Å². The van der Waals surface area contributed by atoms with Crippen molar-refractivity contribution in [3.8, 4) is 0 Å². The molecule has 3 nitrogen and oxygen atoms in total. The predicted octanol–water partition coefficient (Wildman–Crippen LogP) is 1.67. The van der Waals surface area contributed by atoms with E-state index in [1.165, 1.54) is 0 Å². The van der Waals surface area contributed by atoms with Crippen LogP contribution in [0.3, 0.4) is 0 Å². The van der Waals surface area contributed by atoms with Crippen LogP contribution in [-0.4, -0.2) is 9.97 Å². The zero-order chi connectivity index (χ0) is 8.55. The summed E-state index contributed by atoms with van der Waals surface area (Å²) >= 11 is 5.68. The molecule has 1 aromatic heterocycles. The number of imidazole rings is 1. The van der Waals surface area contributed by atoms with Crippen LogP contribution in [0.2, 0.25) is 5.28 Å². The van der Waals surface area contributed by atoms with Gasteiger partial charge in [-0.3, -0.25) is 0 Å². The molecular weight excluding hydrogens is 174 g/mol. The van der Waals surface area contributed by atoms with Crippen molar-refractivity contribution in [2.45, 2.75) is 6.54 Å². The fraction of sp³-hybridized carbons (Fsp3) is 0.125. The van der Waals surface area contributed by atoms with Gasteiger partial charge >= 0.3 is 0 Å². The van der Waals surface area contributed by atoms with E-state index >= 15 is 0 Å². The Balaban J connectivity index is 2.66. The minimum absolute atomic E-state index is 0.416. The molecule has 0 unspecified atom stereocenters. The molecule has 0 aliphatic heterocycles. The number of hydrogen-bond acceptors (Lipinski definition) is 2. The van der Waals surface area contributed by atoms with Crippen molar-refractivity contribution < 1.29 is 0 Å². The third kappa shape index (κ3) is 1.17. The largest absolute Gasteiger partial charge is 0.329 e. The third-order valence-electron chi connectivity index (χ3n) is 1.75. The summed E-state index contributed by atoms with van der Waals surface area (Å²) in [5.74, 6) is 0. The molecule has 4 heteroatoms. The fourth-order valence-electron chi connectivity index (χ4n) is 1.15. The molecule has 0 aliphatic rings. The molecule has 3 N–H and O–H groups in total. The summed E-state index contributed by atoms with van der Waals surface area (Å²) in [4.78, 5) is 6.99. The number of H-pyrrole nitrogens is 1. The number of hydrogen-bond donors (Lipinski definition) is 2. The Morgan fingerprint density at radius 1 is 1.50 bits per heavy atom. The molecule has 0 spiro atoms. The van der Waals surface area contributed by atoms with E-state index < -0.39 is 0 Å². The maximum atomic E-state index is 5.68. The van der Waals surface area contributed by atoms with Gasteiger partial charge in [-0.15, -0.1) is 0 Å². The number of fused-ring (bicyclic) bond motifs is 1. The Morgan fingerprint density at radius 2 is 2.33 bits per heavy atom.